The van der Waals surface area contributed by atoms with Crippen LogP contribution in [0.3, 0.4) is 0 Å². The number of rotatable bonds is 6. The number of carboxylic acids is 1. The summed E-state index contributed by atoms with van der Waals surface area (Å²) in [6.07, 6.45) is 1.46. The lowest BCUT2D eigenvalue weighted by Crippen LogP contribution is -2.23. The SMILES string of the molecule is CCOCC(C)Nc1cccnc1C(=O)O. The van der Waals surface area contributed by atoms with Crippen molar-refractivity contribution in [1.29, 1.82) is 0 Å². The summed E-state index contributed by atoms with van der Waals surface area (Å²) in [6.45, 7) is 5.02. The van der Waals surface area contributed by atoms with Gasteiger partial charge in [0.2, 0.25) is 0 Å². The van der Waals surface area contributed by atoms with Crippen LogP contribution in [0.2, 0.25) is 0 Å². The third-order valence-corrected chi connectivity index (χ3v) is 1.98. The minimum Gasteiger partial charge on any atom is -0.476 e. The van der Waals surface area contributed by atoms with Crippen LogP contribution in [0.15, 0.2) is 18.3 Å². The number of aromatic carboxylic acids is 1. The average Bonchev–Trinajstić information content (AvgIpc) is 2.27. The van der Waals surface area contributed by atoms with E-state index in [0.717, 1.165) is 0 Å². The molecule has 0 saturated carbocycles. The first-order valence-corrected chi connectivity index (χ1v) is 5.17. The number of hydrogen-bond donors (Lipinski definition) is 2. The average molecular weight is 224 g/mol. The molecule has 0 saturated heterocycles. The first-order chi connectivity index (χ1) is 7.65. The molecule has 0 aromatic carbocycles. The summed E-state index contributed by atoms with van der Waals surface area (Å²) >= 11 is 0. The number of pyridine rings is 1. The lowest BCUT2D eigenvalue weighted by molar-refractivity contribution is 0.0691. The maximum Gasteiger partial charge on any atom is 0.356 e. The maximum atomic E-state index is 10.9. The Balaban J connectivity index is 2.69. The predicted octanol–water partition coefficient (Wildman–Crippen LogP) is 1.62. The predicted molar refractivity (Wildman–Crippen MR) is 60.8 cm³/mol. The van der Waals surface area contributed by atoms with Gasteiger partial charge in [-0.15, -0.1) is 0 Å². The van der Waals surface area contributed by atoms with Crippen LogP contribution in [0.1, 0.15) is 24.3 Å². The molecule has 16 heavy (non-hydrogen) atoms. The van der Waals surface area contributed by atoms with E-state index in [9.17, 15) is 4.79 Å². The Morgan fingerprint density at radius 3 is 3.06 bits per heavy atom. The van der Waals surface area contributed by atoms with Crippen LogP contribution in [-0.2, 0) is 4.74 Å². The zero-order valence-corrected chi connectivity index (χ0v) is 9.43. The van der Waals surface area contributed by atoms with Crippen molar-refractivity contribution < 1.29 is 14.6 Å². The van der Waals surface area contributed by atoms with E-state index in [-0.39, 0.29) is 11.7 Å². The molecule has 0 aliphatic heterocycles. The normalized spacial score (nSPS) is 12.1. The largest absolute Gasteiger partial charge is 0.476 e. The molecule has 0 fully saturated rings. The molecule has 1 aromatic rings. The van der Waals surface area contributed by atoms with Gasteiger partial charge in [-0.25, -0.2) is 9.78 Å². The Morgan fingerprint density at radius 1 is 1.69 bits per heavy atom. The molecule has 0 bridgehead atoms. The first kappa shape index (κ1) is 12.4. The van der Waals surface area contributed by atoms with Crippen molar-refractivity contribution in [3.8, 4) is 0 Å². The van der Waals surface area contributed by atoms with Gasteiger partial charge < -0.3 is 15.2 Å². The van der Waals surface area contributed by atoms with Crippen molar-refractivity contribution in [2.45, 2.75) is 19.9 Å². The van der Waals surface area contributed by atoms with Crippen LogP contribution in [0.5, 0.6) is 0 Å². The summed E-state index contributed by atoms with van der Waals surface area (Å²) in [5.74, 6) is -1.04. The van der Waals surface area contributed by atoms with Crippen molar-refractivity contribution in [3.63, 3.8) is 0 Å². The van der Waals surface area contributed by atoms with Crippen molar-refractivity contribution in [2.24, 2.45) is 0 Å². The summed E-state index contributed by atoms with van der Waals surface area (Å²) in [6, 6.07) is 3.43. The zero-order chi connectivity index (χ0) is 12.0. The second-order valence-electron chi connectivity index (χ2n) is 3.41. The Bertz CT molecular complexity index is 355. The number of aromatic nitrogens is 1. The number of carboxylic acid groups (broad SMARTS) is 1. The molecular formula is C11H16N2O3. The fourth-order valence-electron chi connectivity index (χ4n) is 1.29. The van der Waals surface area contributed by atoms with Crippen LogP contribution >= 0.6 is 0 Å². The Kier molecular flexibility index (Phi) is 4.72. The van der Waals surface area contributed by atoms with Gasteiger partial charge in [0.25, 0.3) is 0 Å². The van der Waals surface area contributed by atoms with E-state index in [4.69, 9.17) is 9.84 Å². The van der Waals surface area contributed by atoms with Gasteiger partial charge in [0.05, 0.1) is 12.3 Å². The van der Waals surface area contributed by atoms with Gasteiger partial charge in [0.15, 0.2) is 5.69 Å². The molecule has 1 unspecified atom stereocenters. The zero-order valence-electron chi connectivity index (χ0n) is 9.43. The van der Waals surface area contributed by atoms with E-state index in [0.29, 0.717) is 18.9 Å². The monoisotopic (exact) mass is 224 g/mol. The smallest absolute Gasteiger partial charge is 0.356 e. The fourth-order valence-corrected chi connectivity index (χ4v) is 1.29. The Labute approximate surface area is 94.5 Å². The second-order valence-corrected chi connectivity index (χ2v) is 3.41. The molecule has 5 heteroatoms. The highest BCUT2D eigenvalue weighted by Crippen LogP contribution is 2.13. The third-order valence-electron chi connectivity index (χ3n) is 1.98. The van der Waals surface area contributed by atoms with Crippen LogP contribution in [-0.4, -0.2) is 35.3 Å². The number of nitrogens with zero attached hydrogens (tertiary/aromatic N) is 1. The molecule has 1 rings (SSSR count). The number of anilines is 1. The third kappa shape index (κ3) is 3.51. The molecule has 0 amide bonds. The molecule has 0 aliphatic rings. The van der Waals surface area contributed by atoms with Gasteiger partial charge in [-0.1, -0.05) is 0 Å². The highest BCUT2D eigenvalue weighted by molar-refractivity contribution is 5.91. The van der Waals surface area contributed by atoms with Crippen LogP contribution < -0.4 is 5.32 Å². The highest BCUT2D eigenvalue weighted by atomic mass is 16.5. The topological polar surface area (TPSA) is 71.5 Å². The summed E-state index contributed by atoms with van der Waals surface area (Å²) < 4.78 is 5.24. The van der Waals surface area contributed by atoms with Crippen LogP contribution in [0.25, 0.3) is 0 Å². The minimum absolute atomic E-state index is 0.0332. The summed E-state index contributed by atoms with van der Waals surface area (Å²) in [5, 5.41) is 12.0. The van der Waals surface area contributed by atoms with E-state index < -0.39 is 5.97 Å². The van der Waals surface area contributed by atoms with E-state index >= 15 is 0 Å². The standard InChI is InChI=1S/C11H16N2O3/c1-3-16-7-8(2)13-9-5-4-6-12-10(9)11(14)15/h4-6,8,13H,3,7H2,1-2H3,(H,14,15). The van der Waals surface area contributed by atoms with Gasteiger partial charge in [-0.3, -0.25) is 0 Å². The Morgan fingerprint density at radius 2 is 2.44 bits per heavy atom. The van der Waals surface area contributed by atoms with Gasteiger partial charge >= 0.3 is 5.97 Å². The van der Waals surface area contributed by atoms with Crippen molar-refractivity contribution in [3.05, 3.63) is 24.0 Å². The fraction of sp³-hybridized carbons (Fsp3) is 0.455. The van der Waals surface area contributed by atoms with Gasteiger partial charge in [0, 0.05) is 18.8 Å². The molecule has 5 nitrogen and oxygen atoms in total. The van der Waals surface area contributed by atoms with Crippen LogP contribution in [0.4, 0.5) is 5.69 Å². The number of nitrogens with one attached hydrogen (secondary N) is 1. The van der Waals surface area contributed by atoms with E-state index in [1.165, 1.54) is 6.20 Å². The van der Waals surface area contributed by atoms with E-state index in [2.05, 4.69) is 10.3 Å². The lowest BCUT2D eigenvalue weighted by atomic mass is 10.2. The minimum atomic E-state index is -1.04. The summed E-state index contributed by atoms with van der Waals surface area (Å²) in [4.78, 5) is 14.7. The van der Waals surface area contributed by atoms with E-state index in [1.807, 2.05) is 13.8 Å². The quantitative estimate of drug-likeness (QED) is 0.768. The number of carbonyl (C=O) groups is 1. The maximum absolute atomic E-state index is 10.9. The second kappa shape index (κ2) is 6.07. The van der Waals surface area contributed by atoms with Crippen molar-refractivity contribution in [2.75, 3.05) is 18.5 Å². The molecule has 1 aromatic heterocycles. The number of hydrogen-bond acceptors (Lipinski definition) is 4. The van der Waals surface area contributed by atoms with Crippen molar-refractivity contribution >= 4 is 11.7 Å². The van der Waals surface area contributed by atoms with Gasteiger partial charge in [-0.05, 0) is 26.0 Å². The lowest BCUT2D eigenvalue weighted by Gasteiger charge is -2.15. The first-order valence-electron chi connectivity index (χ1n) is 5.17. The number of ether oxygens (including phenoxy) is 1. The summed E-state index contributed by atoms with van der Waals surface area (Å²) in [5.41, 5.74) is 0.549. The van der Waals surface area contributed by atoms with Gasteiger partial charge in [0.1, 0.15) is 0 Å². The molecule has 0 radical (unpaired) electrons. The molecule has 0 aliphatic carbocycles. The molecular weight excluding hydrogens is 208 g/mol. The molecule has 0 spiro atoms. The van der Waals surface area contributed by atoms with Gasteiger partial charge in [-0.2, -0.15) is 0 Å². The van der Waals surface area contributed by atoms with Crippen molar-refractivity contribution in [1.82, 2.24) is 4.98 Å². The van der Waals surface area contributed by atoms with Crippen LogP contribution in [0, 0.1) is 0 Å². The molecule has 1 heterocycles. The van der Waals surface area contributed by atoms with E-state index in [1.54, 1.807) is 12.1 Å². The highest BCUT2D eigenvalue weighted by Gasteiger charge is 2.12. The molecule has 2 N–H and O–H groups in total. The molecule has 1 atom stereocenters. The molecule has 88 valence electrons. The summed E-state index contributed by atoms with van der Waals surface area (Å²) in [7, 11) is 0. The Hall–Kier alpha value is -1.62.